The van der Waals surface area contributed by atoms with Crippen LogP contribution in [-0.2, 0) is 6.54 Å². The molecule has 0 radical (unpaired) electrons. The Hall–Kier alpha value is -0.870. The van der Waals surface area contributed by atoms with Gasteiger partial charge >= 0.3 is 0 Å². The molecule has 96 valence electrons. The SMILES string of the molecule is CCN1CCC(CNC)C1c1cnn(CC)c1. The van der Waals surface area contributed by atoms with Crippen molar-refractivity contribution in [3.63, 3.8) is 0 Å². The summed E-state index contributed by atoms with van der Waals surface area (Å²) in [5.74, 6) is 0.717. The first-order valence-corrected chi connectivity index (χ1v) is 6.71. The Labute approximate surface area is 104 Å². The molecule has 0 aliphatic carbocycles. The van der Waals surface area contributed by atoms with Gasteiger partial charge in [-0.05, 0) is 45.9 Å². The van der Waals surface area contributed by atoms with Crippen LogP contribution < -0.4 is 5.32 Å². The Morgan fingerprint density at radius 2 is 2.24 bits per heavy atom. The van der Waals surface area contributed by atoms with Crippen molar-refractivity contribution < 1.29 is 0 Å². The molecule has 0 spiro atoms. The van der Waals surface area contributed by atoms with Crippen LogP contribution in [0.25, 0.3) is 0 Å². The zero-order valence-electron chi connectivity index (χ0n) is 11.2. The molecule has 1 aliphatic heterocycles. The first kappa shape index (κ1) is 12.6. The third kappa shape index (κ3) is 2.53. The first-order chi connectivity index (χ1) is 8.30. The molecule has 0 aromatic carbocycles. The van der Waals surface area contributed by atoms with Gasteiger partial charge in [0.25, 0.3) is 0 Å². The molecule has 4 nitrogen and oxygen atoms in total. The number of aromatic nitrogens is 2. The van der Waals surface area contributed by atoms with Crippen molar-refractivity contribution in [3.05, 3.63) is 18.0 Å². The van der Waals surface area contributed by atoms with E-state index in [4.69, 9.17) is 0 Å². The van der Waals surface area contributed by atoms with Crippen LogP contribution in [0.15, 0.2) is 12.4 Å². The molecule has 1 N–H and O–H groups in total. The standard InChI is InChI=1S/C13H24N4/c1-4-16-7-6-11(8-14-3)13(16)12-9-15-17(5-2)10-12/h9-11,13-14H,4-8H2,1-3H3. The maximum Gasteiger partial charge on any atom is 0.0537 e. The van der Waals surface area contributed by atoms with Gasteiger partial charge in [0.1, 0.15) is 0 Å². The largest absolute Gasteiger partial charge is 0.319 e. The number of nitrogens with zero attached hydrogens (tertiary/aromatic N) is 3. The van der Waals surface area contributed by atoms with Crippen molar-refractivity contribution in [2.24, 2.45) is 5.92 Å². The van der Waals surface area contributed by atoms with E-state index in [0.29, 0.717) is 6.04 Å². The molecule has 0 saturated carbocycles. The van der Waals surface area contributed by atoms with Gasteiger partial charge in [0, 0.05) is 24.3 Å². The second-order valence-electron chi connectivity index (χ2n) is 4.81. The van der Waals surface area contributed by atoms with Gasteiger partial charge in [-0.1, -0.05) is 6.92 Å². The zero-order chi connectivity index (χ0) is 12.3. The van der Waals surface area contributed by atoms with E-state index in [9.17, 15) is 0 Å². The minimum absolute atomic E-state index is 0.549. The Kier molecular flexibility index (Phi) is 4.18. The lowest BCUT2D eigenvalue weighted by Gasteiger charge is -2.26. The highest BCUT2D eigenvalue weighted by Gasteiger charge is 2.34. The van der Waals surface area contributed by atoms with Crippen molar-refractivity contribution in [2.45, 2.75) is 32.9 Å². The summed E-state index contributed by atoms with van der Waals surface area (Å²) in [6, 6.07) is 0.549. The van der Waals surface area contributed by atoms with Crippen molar-refractivity contribution in [1.29, 1.82) is 0 Å². The maximum atomic E-state index is 4.41. The molecular formula is C13H24N4. The predicted octanol–water partition coefficient (Wildman–Crippen LogP) is 1.51. The summed E-state index contributed by atoms with van der Waals surface area (Å²) in [5.41, 5.74) is 1.38. The monoisotopic (exact) mass is 236 g/mol. The molecule has 0 amide bonds. The van der Waals surface area contributed by atoms with Crippen molar-refractivity contribution in [1.82, 2.24) is 20.0 Å². The minimum atomic E-state index is 0.549. The van der Waals surface area contributed by atoms with E-state index in [-0.39, 0.29) is 0 Å². The van der Waals surface area contributed by atoms with Gasteiger partial charge in [-0.2, -0.15) is 5.10 Å². The van der Waals surface area contributed by atoms with E-state index in [2.05, 4.69) is 35.4 Å². The highest BCUT2D eigenvalue weighted by atomic mass is 15.3. The summed E-state index contributed by atoms with van der Waals surface area (Å²) < 4.78 is 2.03. The zero-order valence-corrected chi connectivity index (χ0v) is 11.2. The highest BCUT2D eigenvalue weighted by Crippen LogP contribution is 2.36. The van der Waals surface area contributed by atoms with Gasteiger partial charge in [-0.3, -0.25) is 9.58 Å². The summed E-state index contributed by atoms with van der Waals surface area (Å²) in [5, 5.41) is 7.73. The summed E-state index contributed by atoms with van der Waals surface area (Å²) in [6.45, 7) is 8.77. The number of hydrogen-bond donors (Lipinski definition) is 1. The van der Waals surface area contributed by atoms with Gasteiger partial charge in [0.05, 0.1) is 6.20 Å². The average molecular weight is 236 g/mol. The van der Waals surface area contributed by atoms with Crippen molar-refractivity contribution in [3.8, 4) is 0 Å². The predicted molar refractivity (Wildman–Crippen MR) is 69.9 cm³/mol. The van der Waals surface area contributed by atoms with Crippen LogP contribution in [0.1, 0.15) is 31.9 Å². The summed E-state index contributed by atoms with van der Waals surface area (Å²) in [7, 11) is 2.04. The Morgan fingerprint density at radius 1 is 1.41 bits per heavy atom. The molecule has 2 atom stereocenters. The first-order valence-electron chi connectivity index (χ1n) is 6.71. The van der Waals surface area contributed by atoms with Crippen LogP contribution in [0.3, 0.4) is 0 Å². The van der Waals surface area contributed by atoms with Gasteiger partial charge < -0.3 is 5.32 Å². The Morgan fingerprint density at radius 3 is 2.82 bits per heavy atom. The van der Waals surface area contributed by atoms with Crippen LogP contribution in [0, 0.1) is 5.92 Å². The second-order valence-corrected chi connectivity index (χ2v) is 4.81. The molecule has 1 fully saturated rings. The van der Waals surface area contributed by atoms with E-state index < -0.39 is 0 Å². The lowest BCUT2D eigenvalue weighted by Crippen LogP contribution is -2.28. The second kappa shape index (κ2) is 5.65. The van der Waals surface area contributed by atoms with E-state index >= 15 is 0 Å². The van der Waals surface area contributed by atoms with Crippen LogP contribution in [0.2, 0.25) is 0 Å². The Bertz CT molecular complexity index is 347. The van der Waals surface area contributed by atoms with Crippen LogP contribution in [0.5, 0.6) is 0 Å². The quantitative estimate of drug-likeness (QED) is 0.841. The molecule has 1 saturated heterocycles. The van der Waals surface area contributed by atoms with E-state index in [1.165, 1.54) is 18.5 Å². The van der Waals surface area contributed by atoms with Gasteiger partial charge in [-0.25, -0.2) is 0 Å². The number of rotatable bonds is 5. The maximum absolute atomic E-state index is 4.41. The highest BCUT2D eigenvalue weighted by molar-refractivity contribution is 5.14. The molecule has 2 unspecified atom stereocenters. The van der Waals surface area contributed by atoms with Crippen LogP contribution in [0.4, 0.5) is 0 Å². The fraction of sp³-hybridized carbons (Fsp3) is 0.769. The third-order valence-corrected chi connectivity index (χ3v) is 3.82. The molecule has 1 aromatic heterocycles. The topological polar surface area (TPSA) is 33.1 Å². The Balaban J connectivity index is 2.18. The lowest BCUT2D eigenvalue weighted by molar-refractivity contribution is 0.238. The molecular weight excluding hydrogens is 212 g/mol. The normalized spacial score (nSPS) is 25.6. The van der Waals surface area contributed by atoms with Crippen molar-refractivity contribution >= 4 is 0 Å². The number of likely N-dealkylation sites (tertiary alicyclic amines) is 1. The summed E-state index contributed by atoms with van der Waals surface area (Å²) in [4.78, 5) is 2.57. The number of nitrogens with one attached hydrogen (secondary N) is 1. The van der Waals surface area contributed by atoms with Crippen LogP contribution in [-0.4, -0.2) is 41.4 Å². The fourth-order valence-electron chi connectivity index (χ4n) is 2.95. The minimum Gasteiger partial charge on any atom is -0.319 e. The molecule has 4 heteroatoms. The van der Waals surface area contributed by atoms with Crippen LogP contribution >= 0.6 is 0 Å². The fourth-order valence-corrected chi connectivity index (χ4v) is 2.95. The number of aryl methyl sites for hydroxylation is 1. The van der Waals surface area contributed by atoms with E-state index in [1.807, 2.05) is 17.9 Å². The van der Waals surface area contributed by atoms with E-state index in [0.717, 1.165) is 25.6 Å². The molecule has 1 aliphatic rings. The molecule has 2 rings (SSSR count). The summed E-state index contributed by atoms with van der Waals surface area (Å²) in [6.07, 6.45) is 5.54. The average Bonchev–Trinajstić information content (AvgIpc) is 2.94. The van der Waals surface area contributed by atoms with E-state index in [1.54, 1.807) is 0 Å². The third-order valence-electron chi connectivity index (χ3n) is 3.82. The molecule has 0 bridgehead atoms. The smallest absolute Gasteiger partial charge is 0.0537 e. The van der Waals surface area contributed by atoms with Crippen molar-refractivity contribution in [2.75, 3.05) is 26.7 Å². The van der Waals surface area contributed by atoms with Gasteiger partial charge in [0.2, 0.25) is 0 Å². The van der Waals surface area contributed by atoms with Gasteiger partial charge in [-0.15, -0.1) is 0 Å². The van der Waals surface area contributed by atoms with Gasteiger partial charge in [0.15, 0.2) is 0 Å². The molecule has 2 heterocycles. The molecule has 1 aromatic rings. The molecule has 17 heavy (non-hydrogen) atoms. The lowest BCUT2D eigenvalue weighted by atomic mass is 9.96. The number of hydrogen-bond acceptors (Lipinski definition) is 3. The summed E-state index contributed by atoms with van der Waals surface area (Å²) >= 11 is 0.